The smallest absolute Gasteiger partial charge is 0.223 e. The zero-order chi connectivity index (χ0) is 15.5. The Balaban J connectivity index is 1.48. The Bertz CT molecular complexity index is 671. The highest BCUT2D eigenvalue weighted by Crippen LogP contribution is 2.49. The molecule has 3 rings (SSSR count). The van der Waals surface area contributed by atoms with Crippen molar-refractivity contribution in [3.05, 3.63) is 70.5 Å². The molecule has 2 atom stereocenters. The van der Waals surface area contributed by atoms with E-state index in [1.807, 2.05) is 24.3 Å². The fourth-order valence-corrected chi connectivity index (χ4v) is 2.99. The van der Waals surface area contributed by atoms with Crippen molar-refractivity contribution in [3.63, 3.8) is 0 Å². The van der Waals surface area contributed by atoms with Crippen LogP contribution in [0.25, 0.3) is 0 Å². The Morgan fingerprint density at radius 3 is 2.64 bits per heavy atom. The number of halogens is 2. The van der Waals surface area contributed by atoms with E-state index in [1.54, 1.807) is 12.1 Å². The van der Waals surface area contributed by atoms with E-state index in [1.165, 1.54) is 12.1 Å². The van der Waals surface area contributed by atoms with Gasteiger partial charge < -0.3 is 5.32 Å². The Kier molecular flexibility index (Phi) is 4.44. The molecule has 1 amide bonds. The molecule has 2 aromatic carbocycles. The van der Waals surface area contributed by atoms with Crippen LogP contribution >= 0.6 is 11.6 Å². The molecule has 2 aromatic rings. The maximum atomic E-state index is 12.8. The number of benzene rings is 2. The zero-order valence-electron chi connectivity index (χ0n) is 12.1. The molecule has 0 radical (unpaired) electrons. The summed E-state index contributed by atoms with van der Waals surface area (Å²) < 4.78 is 12.8. The van der Waals surface area contributed by atoms with E-state index in [0.29, 0.717) is 13.0 Å². The van der Waals surface area contributed by atoms with Gasteiger partial charge in [0, 0.05) is 17.5 Å². The van der Waals surface area contributed by atoms with Gasteiger partial charge >= 0.3 is 0 Å². The van der Waals surface area contributed by atoms with Gasteiger partial charge in [-0.05, 0) is 48.1 Å². The lowest BCUT2D eigenvalue weighted by molar-refractivity contribution is -0.122. The third kappa shape index (κ3) is 3.47. The van der Waals surface area contributed by atoms with E-state index >= 15 is 0 Å². The van der Waals surface area contributed by atoms with Crippen molar-refractivity contribution < 1.29 is 9.18 Å². The number of hydrogen-bond donors (Lipinski definition) is 1. The monoisotopic (exact) mass is 317 g/mol. The number of carbonyl (C=O) groups is 1. The van der Waals surface area contributed by atoms with Crippen LogP contribution < -0.4 is 5.32 Å². The van der Waals surface area contributed by atoms with Gasteiger partial charge in [-0.25, -0.2) is 4.39 Å². The van der Waals surface area contributed by atoms with Crippen molar-refractivity contribution in [3.8, 4) is 0 Å². The Morgan fingerprint density at radius 2 is 1.91 bits per heavy atom. The molecule has 22 heavy (non-hydrogen) atoms. The van der Waals surface area contributed by atoms with E-state index in [2.05, 4.69) is 5.32 Å². The average Bonchev–Trinajstić information content (AvgIpc) is 3.30. The standard InChI is InChI=1S/C18H17ClFNO/c19-17-4-2-1-3-14(17)15-11-16(15)18(22)21-10-9-12-5-7-13(20)8-6-12/h1-8,15-16H,9-11H2,(H,21,22). The van der Waals surface area contributed by atoms with E-state index < -0.39 is 0 Å². The van der Waals surface area contributed by atoms with Crippen molar-refractivity contribution in [2.75, 3.05) is 6.54 Å². The second kappa shape index (κ2) is 6.49. The molecule has 0 heterocycles. The van der Waals surface area contributed by atoms with Gasteiger partial charge in [-0.2, -0.15) is 0 Å². The Labute approximate surface area is 134 Å². The second-order valence-corrected chi connectivity index (χ2v) is 6.04. The maximum absolute atomic E-state index is 12.8. The lowest BCUT2D eigenvalue weighted by Crippen LogP contribution is -2.27. The summed E-state index contributed by atoms with van der Waals surface area (Å²) in [5.74, 6) is 0.0908. The molecule has 0 saturated heterocycles. The molecule has 1 aliphatic carbocycles. The molecule has 1 N–H and O–H groups in total. The molecular weight excluding hydrogens is 301 g/mol. The van der Waals surface area contributed by atoms with E-state index in [-0.39, 0.29) is 23.6 Å². The number of rotatable bonds is 5. The highest BCUT2D eigenvalue weighted by Gasteiger charge is 2.44. The molecule has 0 spiro atoms. The minimum absolute atomic E-state index is 0.0214. The minimum Gasteiger partial charge on any atom is -0.356 e. The molecule has 1 fully saturated rings. The van der Waals surface area contributed by atoms with E-state index in [4.69, 9.17) is 11.6 Å². The van der Waals surface area contributed by atoms with Gasteiger partial charge in [-0.15, -0.1) is 0 Å². The van der Waals surface area contributed by atoms with Crippen LogP contribution in [0.15, 0.2) is 48.5 Å². The van der Waals surface area contributed by atoms with Crippen LogP contribution in [0.1, 0.15) is 23.5 Å². The van der Waals surface area contributed by atoms with Crippen molar-refractivity contribution in [1.82, 2.24) is 5.32 Å². The number of hydrogen-bond acceptors (Lipinski definition) is 1. The minimum atomic E-state index is -0.242. The summed E-state index contributed by atoms with van der Waals surface area (Å²) >= 11 is 6.16. The highest BCUT2D eigenvalue weighted by molar-refractivity contribution is 6.31. The summed E-state index contributed by atoms with van der Waals surface area (Å²) in [6.45, 7) is 0.566. The third-order valence-corrected chi connectivity index (χ3v) is 4.40. The molecular formula is C18H17ClFNO. The first kappa shape index (κ1) is 15.0. The summed E-state index contributed by atoms with van der Waals surface area (Å²) in [4.78, 5) is 12.1. The van der Waals surface area contributed by atoms with Gasteiger partial charge in [0.25, 0.3) is 0 Å². The first-order chi connectivity index (χ1) is 10.6. The Morgan fingerprint density at radius 1 is 1.18 bits per heavy atom. The largest absolute Gasteiger partial charge is 0.356 e. The van der Waals surface area contributed by atoms with Crippen LogP contribution in [0.3, 0.4) is 0 Å². The van der Waals surface area contributed by atoms with Crippen LogP contribution in [0.5, 0.6) is 0 Å². The lowest BCUT2D eigenvalue weighted by Gasteiger charge is -2.06. The molecule has 4 heteroatoms. The first-order valence-corrected chi connectivity index (χ1v) is 7.79. The van der Waals surface area contributed by atoms with Crippen molar-refractivity contribution in [2.45, 2.75) is 18.8 Å². The zero-order valence-corrected chi connectivity index (χ0v) is 12.8. The predicted molar refractivity (Wildman–Crippen MR) is 85.4 cm³/mol. The molecule has 1 saturated carbocycles. The quantitative estimate of drug-likeness (QED) is 0.889. The number of nitrogens with one attached hydrogen (secondary N) is 1. The van der Waals surface area contributed by atoms with Crippen LogP contribution in [0.2, 0.25) is 5.02 Å². The van der Waals surface area contributed by atoms with E-state index in [9.17, 15) is 9.18 Å². The predicted octanol–water partition coefficient (Wildman–Crippen LogP) is 3.94. The van der Waals surface area contributed by atoms with Gasteiger partial charge in [-0.1, -0.05) is 41.9 Å². The van der Waals surface area contributed by atoms with Gasteiger partial charge in [0.2, 0.25) is 5.91 Å². The van der Waals surface area contributed by atoms with Crippen molar-refractivity contribution in [2.24, 2.45) is 5.92 Å². The van der Waals surface area contributed by atoms with Gasteiger partial charge in [0.1, 0.15) is 5.82 Å². The molecule has 1 aliphatic rings. The van der Waals surface area contributed by atoms with Gasteiger partial charge in [0.15, 0.2) is 0 Å². The summed E-state index contributed by atoms with van der Waals surface area (Å²) in [5, 5.41) is 3.68. The van der Waals surface area contributed by atoms with Crippen molar-refractivity contribution in [1.29, 1.82) is 0 Å². The molecule has 114 valence electrons. The fraction of sp³-hybridized carbons (Fsp3) is 0.278. The summed E-state index contributed by atoms with van der Waals surface area (Å²) in [5.41, 5.74) is 2.07. The van der Waals surface area contributed by atoms with Crippen LogP contribution in [0, 0.1) is 11.7 Å². The molecule has 0 bridgehead atoms. The SMILES string of the molecule is O=C(NCCc1ccc(F)cc1)C1CC1c1ccccc1Cl. The normalized spacial score (nSPS) is 19.7. The molecule has 0 aliphatic heterocycles. The van der Waals surface area contributed by atoms with Crippen LogP contribution in [0.4, 0.5) is 4.39 Å². The fourth-order valence-electron chi connectivity index (χ4n) is 2.72. The summed E-state index contributed by atoms with van der Waals surface area (Å²) in [7, 11) is 0. The molecule has 2 unspecified atom stereocenters. The van der Waals surface area contributed by atoms with E-state index in [0.717, 1.165) is 22.6 Å². The summed E-state index contributed by atoms with van der Waals surface area (Å²) in [6, 6.07) is 14.0. The molecule has 0 aromatic heterocycles. The van der Waals surface area contributed by atoms with Crippen molar-refractivity contribution >= 4 is 17.5 Å². The van der Waals surface area contributed by atoms with Gasteiger partial charge in [0.05, 0.1) is 0 Å². The van der Waals surface area contributed by atoms with Crippen LogP contribution in [-0.2, 0) is 11.2 Å². The first-order valence-electron chi connectivity index (χ1n) is 7.42. The van der Waals surface area contributed by atoms with Gasteiger partial charge in [-0.3, -0.25) is 4.79 Å². The highest BCUT2D eigenvalue weighted by atomic mass is 35.5. The lowest BCUT2D eigenvalue weighted by atomic mass is 10.1. The number of carbonyl (C=O) groups excluding carboxylic acids is 1. The van der Waals surface area contributed by atoms with Crippen LogP contribution in [-0.4, -0.2) is 12.5 Å². The molecule has 2 nitrogen and oxygen atoms in total. The topological polar surface area (TPSA) is 29.1 Å². The summed E-state index contributed by atoms with van der Waals surface area (Å²) in [6.07, 6.45) is 1.56. The third-order valence-electron chi connectivity index (χ3n) is 4.06. The maximum Gasteiger partial charge on any atom is 0.223 e. The average molecular weight is 318 g/mol. The second-order valence-electron chi connectivity index (χ2n) is 5.64. The Hall–Kier alpha value is -1.87. The number of amides is 1.